The van der Waals surface area contributed by atoms with Crippen molar-refractivity contribution >= 4 is 12.4 Å². The quantitative estimate of drug-likeness (QED) is 0.772. The molecule has 2 atom stereocenters. The van der Waals surface area contributed by atoms with Gasteiger partial charge in [0.15, 0.2) is 0 Å². The predicted octanol–water partition coefficient (Wildman–Crippen LogP) is 2.16. The predicted molar refractivity (Wildman–Crippen MR) is 59.8 cm³/mol. The molecule has 78 valence electrons. The van der Waals surface area contributed by atoms with Crippen LogP contribution in [-0.2, 0) is 4.74 Å². The van der Waals surface area contributed by atoms with Gasteiger partial charge in [0.1, 0.15) is 0 Å². The van der Waals surface area contributed by atoms with Crippen molar-refractivity contribution in [1.82, 2.24) is 5.32 Å². The Morgan fingerprint density at radius 3 is 2.64 bits per heavy atom. The zero-order valence-electron chi connectivity index (χ0n) is 8.27. The van der Waals surface area contributed by atoms with Gasteiger partial charge in [0, 0.05) is 6.54 Å². The van der Waals surface area contributed by atoms with Crippen LogP contribution >= 0.6 is 12.4 Å². The molecule has 2 nitrogen and oxygen atoms in total. The molecular weight excluding hydrogens is 198 g/mol. The zero-order chi connectivity index (χ0) is 9.10. The van der Waals surface area contributed by atoms with Crippen LogP contribution in [0.3, 0.4) is 0 Å². The molecule has 0 aliphatic carbocycles. The Hall–Kier alpha value is -0.570. The van der Waals surface area contributed by atoms with E-state index in [1.54, 1.807) is 0 Å². The van der Waals surface area contributed by atoms with Crippen LogP contribution in [0.25, 0.3) is 0 Å². The molecule has 0 aromatic heterocycles. The minimum atomic E-state index is 0. The van der Waals surface area contributed by atoms with Gasteiger partial charge >= 0.3 is 0 Å². The summed E-state index contributed by atoms with van der Waals surface area (Å²) in [5.74, 6) is 0. The van der Waals surface area contributed by atoms with Crippen LogP contribution in [-0.4, -0.2) is 19.3 Å². The van der Waals surface area contributed by atoms with Crippen molar-refractivity contribution in [3.05, 3.63) is 35.9 Å². The average Bonchev–Trinajstić information content (AvgIpc) is 2.20. The number of hydrogen-bond acceptors (Lipinski definition) is 2. The smallest absolute Gasteiger partial charge is 0.0742 e. The molecule has 0 amide bonds. The minimum absolute atomic E-state index is 0. The molecule has 0 unspecified atom stereocenters. The van der Waals surface area contributed by atoms with E-state index in [1.165, 1.54) is 5.56 Å². The fourth-order valence-corrected chi connectivity index (χ4v) is 1.77. The summed E-state index contributed by atoms with van der Waals surface area (Å²) in [6, 6.07) is 10.8. The number of hydrogen-bond donors (Lipinski definition) is 1. The van der Waals surface area contributed by atoms with Crippen molar-refractivity contribution in [3.63, 3.8) is 0 Å². The Morgan fingerprint density at radius 2 is 2.00 bits per heavy atom. The molecule has 0 radical (unpaired) electrons. The van der Waals surface area contributed by atoms with Gasteiger partial charge in [-0.05, 0) is 12.5 Å². The maximum Gasteiger partial charge on any atom is 0.0742 e. The minimum Gasteiger partial charge on any atom is -0.375 e. The molecule has 2 rings (SSSR count). The first-order valence-corrected chi connectivity index (χ1v) is 4.78. The molecule has 1 fully saturated rings. The summed E-state index contributed by atoms with van der Waals surface area (Å²) in [5, 5.41) is 3.46. The van der Waals surface area contributed by atoms with E-state index < -0.39 is 0 Å². The highest BCUT2D eigenvalue weighted by molar-refractivity contribution is 5.85. The number of halogens is 1. The summed E-state index contributed by atoms with van der Waals surface area (Å²) in [5.41, 5.74) is 1.31. The standard InChI is InChI=1S/C11H15NO.ClH/c1-9-11(12-7-8-13-9)10-5-3-2-4-6-10;/h2-6,9,11-12H,7-8H2,1H3;1H/t9-,11+;/m1./s1. The molecule has 0 bridgehead atoms. The fourth-order valence-electron chi connectivity index (χ4n) is 1.77. The van der Waals surface area contributed by atoms with Crippen molar-refractivity contribution in [2.24, 2.45) is 0 Å². The van der Waals surface area contributed by atoms with Crippen LogP contribution in [0.15, 0.2) is 30.3 Å². The Bertz CT molecular complexity index is 265. The molecule has 0 saturated carbocycles. The van der Waals surface area contributed by atoms with Crippen molar-refractivity contribution in [1.29, 1.82) is 0 Å². The average molecular weight is 214 g/mol. The summed E-state index contributed by atoms with van der Waals surface area (Å²) in [7, 11) is 0. The number of benzene rings is 1. The topological polar surface area (TPSA) is 21.3 Å². The van der Waals surface area contributed by atoms with E-state index in [0.29, 0.717) is 6.04 Å². The van der Waals surface area contributed by atoms with Gasteiger partial charge in [-0.25, -0.2) is 0 Å². The van der Waals surface area contributed by atoms with Gasteiger partial charge < -0.3 is 10.1 Å². The van der Waals surface area contributed by atoms with Gasteiger partial charge in [-0.3, -0.25) is 0 Å². The van der Waals surface area contributed by atoms with E-state index in [2.05, 4.69) is 36.5 Å². The summed E-state index contributed by atoms with van der Waals surface area (Å²) in [6.07, 6.45) is 0.274. The third kappa shape index (κ3) is 2.47. The third-order valence-electron chi connectivity index (χ3n) is 2.48. The van der Waals surface area contributed by atoms with Gasteiger partial charge in [0.25, 0.3) is 0 Å². The van der Waals surface area contributed by atoms with Crippen LogP contribution in [0.5, 0.6) is 0 Å². The molecule has 0 spiro atoms. The monoisotopic (exact) mass is 213 g/mol. The zero-order valence-corrected chi connectivity index (χ0v) is 9.09. The molecule has 1 aromatic carbocycles. The van der Waals surface area contributed by atoms with E-state index in [1.807, 2.05) is 6.07 Å². The van der Waals surface area contributed by atoms with Gasteiger partial charge in [-0.15, -0.1) is 12.4 Å². The van der Waals surface area contributed by atoms with E-state index >= 15 is 0 Å². The van der Waals surface area contributed by atoms with E-state index in [9.17, 15) is 0 Å². The lowest BCUT2D eigenvalue weighted by Gasteiger charge is -2.30. The van der Waals surface area contributed by atoms with E-state index in [-0.39, 0.29) is 18.5 Å². The number of ether oxygens (including phenoxy) is 1. The van der Waals surface area contributed by atoms with Crippen LogP contribution < -0.4 is 5.32 Å². The van der Waals surface area contributed by atoms with Crippen LogP contribution in [0.2, 0.25) is 0 Å². The number of nitrogens with one attached hydrogen (secondary N) is 1. The highest BCUT2D eigenvalue weighted by Crippen LogP contribution is 2.20. The summed E-state index contributed by atoms with van der Waals surface area (Å²) in [4.78, 5) is 0. The third-order valence-corrected chi connectivity index (χ3v) is 2.48. The first kappa shape index (κ1) is 11.5. The molecular formula is C11H16ClNO. The lowest BCUT2D eigenvalue weighted by molar-refractivity contribution is 0.00756. The Kier molecular flexibility index (Phi) is 4.39. The van der Waals surface area contributed by atoms with Gasteiger partial charge in [-0.1, -0.05) is 30.3 Å². The Morgan fingerprint density at radius 1 is 1.29 bits per heavy atom. The molecule has 1 N–H and O–H groups in total. The molecule has 3 heteroatoms. The Balaban J connectivity index is 0.000000980. The van der Waals surface area contributed by atoms with Crippen LogP contribution in [0, 0.1) is 0 Å². The normalized spacial score (nSPS) is 26.6. The number of morpholine rings is 1. The van der Waals surface area contributed by atoms with E-state index in [0.717, 1.165) is 13.2 Å². The SMILES string of the molecule is C[C@H]1OCCN[C@@H]1c1ccccc1.Cl. The molecule has 1 aromatic rings. The van der Waals surface area contributed by atoms with Crippen LogP contribution in [0.1, 0.15) is 18.5 Å². The first-order chi connectivity index (χ1) is 6.38. The van der Waals surface area contributed by atoms with E-state index in [4.69, 9.17) is 4.74 Å². The highest BCUT2D eigenvalue weighted by Gasteiger charge is 2.22. The second kappa shape index (κ2) is 5.35. The molecule has 1 aliphatic heterocycles. The second-order valence-electron chi connectivity index (χ2n) is 3.42. The highest BCUT2D eigenvalue weighted by atomic mass is 35.5. The van der Waals surface area contributed by atoms with Gasteiger partial charge in [-0.2, -0.15) is 0 Å². The molecule has 1 saturated heterocycles. The maximum atomic E-state index is 5.58. The Labute approximate surface area is 91.1 Å². The molecule has 1 aliphatic rings. The van der Waals surface area contributed by atoms with Crippen molar-refractivity contribution < 1.29 is 4.74 Å². The van der Waals surface area contributed by atoms with Crippen molar-refractivity contribution in [2.45, 2.75) is 19.1 Å². The second-order valence-corrected chi connectivity index (χ2v) is 3.42. The fraction of sp³-hybridized carbons (Fsp3) is 0.455. The lowest BCUT2D eigenvalue weighted by Crippen LogP contribution is -2.40. The largest absolute Gasteiger partial charge is 0.375 e. The summed E-state index contributed by atoms with van der Waals surface area (Å²) < 4.78 is 5.58. The van der Waals surface area contributed by atoms with Crippen molar-refractivity contribution in [2.75, 3.05) is 13.2 Å². The van der Waals surface area contributed by atoms with Gasteiger partial charge in [0.05, 0.1) is 18.8 Å². The summed E-state index contributed by atoms with van der Waals surface area (Å²) >= 11 is 0. The maximum absolute atomic E-state index is 5.58. The number of rotatable bonds is 1. The molecule has 1 heterocycles. The van der Waals surface area contributed by atoms with Crippen molar-refractivity contribution in [3.8, 4) is 0 Å². The molecule has 14 heavy (non-hydrogen) atoms. The lowest BCUT2D eigenvalue weighted by atomic mass is 10.0. The van der Waals surface area contributed by atoms with Crippen LogP contribution in [0.4, 0.5) is 0 Å². The summed E-state index contributed by atoms with van der Waals surface area (Å²) in [6.45, 7) is 3.89. The first-order valence-electron chi connectivity index (χ1n) is 4.78. The van der Waals surface area contributed by atoms with Gasteiger partial charge in [0.2, 0.25) is 0 Å².